The first-order chi connectivity index (χ1) is 17.5. The van der Waals surface area contributed by atoms with Crippen LogP contribution in [0.2, 0.25) is 25.7 Å². The number of sulfonamides is 1. The Balaban J connectivity index is 1.44. The molecule has 1 fully saturated rings. The molecule has 4 rings (SSSR count). The lowest BCUT2D eigenvalue weighted by Gasteiger charge is -2.31. The highest BCUT2D eigenvalue weighted by molar-refractivity contribution is 9.10. The van der Waals surface area contributed by atoms with Crippen LogP contribution in [-0.2, 0) is 26.2 Å². The van der Waals surface area contributed by atoms with Gasteiger partial charge in [0.2, 0.25) is 15.9 Å². The number of fused-ring (bicyclic) bond motifs is 1. The average molecular weight is 611 g/mol. The van der Waals surface area contributed by atoms with Crippen molar-refractivity contribution in [2.45, 2.75) is 56.8 Å². The molecule has 2 unspecified atom stereocenters. The van der Waals surface area contributed by atoms with Gasteiger partial charge in [-0.15, -0.1) is 0 Å². The van der Waals surface area contributed by atoms with Gasteiger partial charge in [-0.1, -0.05) is 37.3 Å². The number of halogens is 1. The second-order valence-corrected chi connectivity index (χ2v) is 19.0. The molecule has 1 aliphatic heterocycles. The molecule has 0 saturated carbocycles. The van der Waals surface area contributed by atoms with Crippen molar-refractivity contribution in [3.63, 3.8) is 0 Å². The van der Waals surface area contributed by atoms with Gasteiger partial charge in [0.25, 0.3) is 0 Å². The Morgan fingerprint density at radius 1 is 1.22 bits per heavy atom. The maximum Gasteiger partial charge on any atom is 0.240 e. The van der Waals surface area contributed by atoms with Gasteiger partial charge >= 0.3 is 0 Å². The van der Waals surface area contributed by atoms with Gasteiger partial charge in [-0.3, -0.25) is 0 Å². The number of benzene rings is 1. The van der Waals surface area contributed by atoms with E-state index in [4.69, 9.17) is 19.2 Å². The lowest BCUT2D eigenvalue weighted by atomic mass is 9.97. The molecule has 0 bridgehead atoms. The van der Waals surface area contributed by atoms with Crippen molar-refractivity contribution in [2.24, 2.45) is 5.92 Å². The molecule has 2 atom stereocenters. The molecule has 3 aromatic rings. The summed E-state index contributed by atoms with van der Waals surface area (Å²) in [5.41, 5.74) is 1.79. The highest BCUT2D eigenvalue weighted by Gasteiger charge is 2.30. The predicted octanol–water partition coefficient (Wildman–Crippen LogP) is 5.18. The van der Waals surface area contributed by atoms with Crippen LogP contribution in [0.1, 0.15) is 12.0 Å². The van der Waals surface area contributed by atoms with Crippen LogP contribution < -0.4 is 9.46 Å². The Morgan fingerprint density at radius 3 is 2.70 bits per heavy atom. The first-order valence-electron chi connectivity index (χ1n) is 12.6. The fourth-order valence-electron chi connectivity index (χ4n) is 4.08. The Kier molecular flexibility index (Phi) is 9.13. The summed E-state index contributed by atoms with van der Waals surface area (Å²) in [5.74, 6) is 0.395. The van der Waals surface area contributed by atoms with Crippen molar-refractivity contribution in [3.8, 4) is 5.88 Å². The van der Waals surface area contributed by atoms with Crippen LogP contribution in [0, 0.1) is 12.8 Å². The summed E-state index contributed by atoms with van der Waals surface area (Å²) < 4.78 is 49.0. The molecule has 2 aromatic heterocycles. The average Bonchev–Trinajstić information content (AvgIpc) is 3.22. The topological polar surface area (TPSA) is 91.7 Å². The number of rotatable bonds is 11. The van der Waals surface area contributed by atoms with E-state index in [1.54, 1.807) is 24.3 Å². The Hall–Kier alpha value is -1.76. The Bertz CT molecular complexity index is 1310. The molecule has 0 spiro atoms. The summed E-state index contributed by atoms with van der Waals surface area (Å²) in [6.07, 6.45) is 2.31. The van der Waals surface area contributed by atoms with E-state index in [0.717, 1.165) is 33.7 Å². The van der Waals surface area contributed by atoms with Crippen molar-refractivity contribution < 1.29 is 22.6 Å². The lowest BCUT2D eigenvalue weighted by Crippen LogP contribution is -2.43. The van der Waals surface area contributed by atoms with Crippen LogP contribution >= 0.6 is 15.9 Å². The van der Waals surface area contributed by atoms with Gasteiger partial charge in [0, 0.05) is 45.3 Å². The largest absolute Gasteiger partial charge is 0.471 e. The molecular weight excluding hydrogens is 574 g/mol. The monoisotopic (exact) mass is 609 g/mol. The standard InChI is InChI=1S/C26H36BrN3O5SSi/c1-19-5-7-22(8-6-19)36(31,32)28-16-21-10-12-33-17-24(21)35-26-23(27)15-20-9-11-30(25(20)29-26)18-34-13-14-37(2,3)4/h5-9,11,15,21,24,28H,10,12-14,16-18H2,1-4H3. The lowest BCUT2D eigenvalue weighted by molar-refractivity contribution is -0.0306. The zero-order valence-corrected chi connectivity index (χ0v) is 25.3. The van der Waals surface area contributed by atoms with Gasteiger partial charge in [0.1, 0.15) is 18.5 Å². The van der Waals surface area contributed by atoms with E-state index in [9.17, 15) is 8.42 Å². The Morgan fingerprint density at radius 2 is 1.97 bits per heavy atom. The summed E-state index contributed by atoms with van der Waals surface area (Å²) in [7, 11) is -4.77. The molecule has 0 aliphatic carbocycles. The van der Waals surface area contributed by atoms with Crippen molar-refractivity contribution >= 4 is 45.1 Å². The number of hydrogen-bond donors (Lipinski definition) is 1. The first-order valence-corrected chi connectivity index (χ1v) is 18.5. The highest BCUT2D eigenvalue weighted by atomic mass is 79.9. The zero-order chi connectivity index (χ0) is 26.6. The van der Waals surface area contributed by atoms with Crippen LogP contribution in [0.4, 0.5) is 0 Å². The number of pyridine rings is 1. The van der Waals surface area contributed by atoms with E-state index in [2.05, 4.69) is 40.3 Å². The maximum atomic E-state index is 12.8. The fraction of sp³-hybridized carbons (Fsp3) is 0.500. The number of nitrogens with zero attached hydrogens (tertiary/aromatic N) is 2. The quantitative estimate of drug-likeness (QED) is 0.238. The van der Waals surface area contributed by atoms with Crippen LogP contribution in [0.5, 0.6) is 5.88 Å². The molecule has 0 radical (unpaired) electrons. The van der Waals surface area contributed by atoms with Crippen LogP contribution in [-0.4, -0.2) is 58.5 Å². The molecule has 8 nitrogen and oxygen atoms in total. The van der Waals surface area contributed by atoms with E-state index in [1.807, 2.05) is 29.8 Å². The summed E-state index contributed by atoms with van der Waals surface area (Å²) >= 11 is 3.59. The fourth-order valence-corrected chi connectivity index (χ4v) is 6.36. The predicted molar refractivity (Wildman–Crippen MR) is 151 cm³/mol. The highest BCUT2D eigenvalue weighted by Crippen LogP contribution is 2.31. The molecule has 202 valence electrons. The van der Waals surface area contributed by atoms with Crippen LogP contribution in [0.25, 0.3) is 11.0 Å². The van der Waals surface area contributed by atoms with Crippen LogP contribution in [0.15, 0.2) is 52.0 Å². The zero-order valence-electron chi connectivity index (χ0n) is 21.9. The van der Waals surface area contributed by atoms with Gasteiger partial charge in [0.05, 0.1) is 16.0 Å². The number of ether oxygens (including phenoxy) is 3. The Labute approximate surface area is 228 Å². The van der Waals surface area contributed by atoms with E-state index >= 15 is 0 Å². The van der Waals surface area contributed by atoms with Gasteiger partial charge in [0.15, 0.2) is 0 Å². The summed E-state index contributed by atoms with van der Waals surface area (Å²) in [6.45, 7) is 11.3. The number of nitrogens with one attached hydrogen (secondary N) is 1. The number of aromatic nitrogens is 2. The van der Waals surface area contributed by atoms with Crippen molar-refractivity contribution in [3.05, 3.63) is 52.6 Å². The van der Waals surface area contributed by atoms with Gasteiger partial charge in [-0.05, 0) is 59.6 Å². The van der Waals surface area contributed by atoms with Gasteiger partial charge in [-0.25, -0.2) is 13.1 Å². The van der Waals surface area contributed by atoms with Crippen molar-refractivity contribution in [1.29, 1.82) is 0 Å². The molecule has 3 heterocycles. The van der Waals surface area contributed by atoms with E-state index < -0.39 is 18.1 Å². The van der Waals surface area contributed by atoms with Crippen molar-refractivity contribution in [1.82, 2.24) is 14.3 Å². The van der Waals surface area contributed by atoms with Gasteiger partial charge < -0.3 is 18.8 Å². The third-order valence-corrected chi connectivity index (χ3v) is 10.2. The van der Waals surface area contributed by atoms with Gasteiger partial charge in [-0.2, -0.15) is 4.98 Å². The molecule has 1 aromatic carbocycles. The number of aryl methyl sites for hydroxylation is 1. The molecular formula is C26H36BrN3O5SSi. The molecule has 1 saturated heterocycles. The van der Waals surface area contributed by atoms with Crippen LogP contribution in [0.3, 0.4) is 0 Å². The van der Waals surface area contributed by atoms with E-state index in [1.165, 1.54) is 0 Å². The SMILES string of the molecule is Cc1ccc(S(=O)(=O)NCC2CCOCC2Oc2nc3c(ccn3COCC[Si](C)(C)C)cc2Br)cc1. The molecule has 1 N–H and O–H groups in total. The maximum absolute atomic E-state index is 12.8. The van der Waals surface area contributed by atoms with Crippen molar-refractivity contribution in [2.75, 3.05) is 26.4 Å². The normalized spacial score (nSPS) is 18.8. The minimum absolute atomic E-state index is 0.0601. The van der Waals surface area contributed by atoms with E-state index in [-0.39, 0.29) is 23.5 Å². The minimum Gasteiger partial charge on any atom is -0.471 e. The summed E-state index contributed by atoms with van der Waals surface area (Å²) in [4.78, 5) is 5.04. The molecule has 37 heavy (non-hydrogen) atoms. The second kappa shape index (κ2) is 12.0. The summed E-state index contributed by atoms with van der Waals surface area (Å²) in [6, 6.07) is 11.9. The summed E-state index contributed by atoms with van der Waals surface area (Å²) in [5, 5.41) is 0.982. The van der Waals surface area contributed by atoms with E-state index in [0.29, 0.717) is 32.2 Å². The molecule has 0 amide bonds. The second-order valence-electron chi connectivity index (χ2n) is 10.8. The number of hydrogen-bond acceptors (Lipinski definition) is 6. The third kappa shape index (κ3) is 7.64. The smallest absolute Gasteiger partial charge is 0.240 e. The third-order valence-electron chi connectivity index (χ3n) is 6.46. The minimum atomic E-state index is -3.61. The molecule has 1 aliphatic rings. The first kappa shape index (κ1) is 28.3. The molecule has 11 heteroatoms.